The van der Waals surface area contributed by atoms with Crippen LogP contribution in [0.4, 0.5) is 18.9 Å². The van der Waals surface area contributed by atoms with E-state index in [0.29, 0.717) is 0 Å². The lowest BCUT2D eigenvalue weighted by atomic mass is 10.3. The lowest BCUT2D eigenvalue weighted by Gasteiger charge is -2.07. The van der Waals surface area contributed by atoms with E-state index in [1.165, 1.54) is 12.1 Å². The molecule has 0 aliphatic carbocycles. The molecule has 0 radical (unpaired) electrons. The highest BCUT2D eigenvalue weighted by molar-refractivity contribution is 5.84. The zero-order valence-corrected chi connectivity index (χ0v) is 7.38. The van der Waals surface area contributed by atoms with Crippen LogP contribution in [0.1, 0.15) is 0 Å². The number of hydrogen-bond acceptors (Lipinski definition) is 2. The quantitative estimate of drug-likeness (QED) is 0.508. The Balaban J connectivity index is 2.96. The Morgan fingerprint density at radius 2 is 1.79 bits per heavy atom. The van der Waals surface area contributed by atoms with Gasteiger partial charge in [0, 0.05) is 0 Å². The molecule has 0 fully saturated rings. The SMILES string of the molecule is CO/C(=N/c1ccccc1)C(F)(F)F. The van der Waals surface area contributed by atoms with Gasteiger partial charge < -0.3 is 4.74 Å². The molecule has 0 saturated heterocycles. The van der Waals surface area contributed by atoms with E-state index in [9.17, 15) is 13.2 Å². The molecule has 0 aliphatic rings. The number of aliphatic imine (C=N–C) groups is 1. The number of alkyl halides is 3. The number of ether oxygens (including phenoxy) is 1. The summed E-state index contributed by atoms with van der Waals surface area (Å²) in [6.45, 7) is 0. The molecule has 0 amide bonds. The number of benzene rings is 1. The molecule has 0 aliphatic heterocycles. The van der Waals surface area contributed by atoms with Crippen molar-refractivity contribution in [3.8, 4) is 0 Å². The number of halogens is 3. The summed E-state index contributed by atoms with van der Waals surface area (Å²) in [5.74, 6) is -1.25. The minimum atomic E-state index is -4.55. The van der Waals surface area contributed by atoms with Gasteiger partial charge in [-0.1, -0.05) is 18.2 Å². The first kappa shape index (κ1) is 10.6. The molecule has 0 aromatic heterocycles. The third kappa shape index (κ3) is 2.76. The zero-order valence-electron chi connectivity index (χ0n) is 7.38. The topological polar surface area (TPSA) is 21.6 Å². The minimum absolute atomic E-state index is 0.210. The lowest BCUT2D eigenvalue weighted by molar-refractivity contribution is -0.0754. The molecule has 1 aromatic rings. The minimum Gasteiger partial charge on any atom is -0.478 e. The maximum Gasteiger partial charge on any atom is 0.468 e. The normalized spacial score (nSPS) is 12.7. The first-order chi connectivity index (χ1) is 6.54. The molecule has 14 heavy (non-hydrogen) atoms. The zero-order chi connectivity index (χ0) is 10.6. The van der Waals surface area contributed by atoms with Crippen LogP contribution in [0.15, 0.2) is 35.3 Å². The van der Waals surface area contributed by atoms with Crippen molar-refractivity contribution < 1.29 is 17.9 Å². The number of nitrogens with zero attached hydrogens (tertiary/aromatic N) is 1. The van der Waals surface area contributed by atoms with Crippen LogP contribution in [0, 0.1) is 0 Å². The van der Waals surface area contributed by atoms with Crippen molar-refractivity contribution in [2.45, 2.75) is 6.18 Å². The van der Waals surface area contributed by atoms with Crippen LogP contribution in [-0.4, -0.2) is 19.2 Å². The number of methoxy groups -OCH3 is 1. The van der Waals surface area contributed by atoms with E-state index in [0.717, 1.165) is 7.11 Å². The molecule has 1 aromatic carbocycles. The van der Waals surface area contributed by atoms with Gasteiger partial charge >= 0.3 is 6.18 Å². The van der Waals surface area contributed by atoms with Gasteiger partial charge in [0.25, 0.3) is 5.90 Å². The maximum atomic E-state index is 12.2. The first-order valence-electron chi connectivity index (χ1n) is 3.79. The van der Waals surface area contributed by atoms with Gasteiger partial charge in [0.2, 0.25) is 0 Å². The van der Waals surface area contributed by atoms with E-state index in [2.05, 4.69) is 9.73 Å². The molecule has 0 unspecified atom stereocenters. The second-order valence-electron chi connectivity index (χ2n) is 2.45. The summed E-state index contributed by atoms with van der Waals surface area (Å²) < 4.78 is 40.6. The van der Waals surface area contributed by atoms with Gasteiger partial charge in [-0.15, -0.1) is 0 Å². The van der Waals surface area contributed by atoms with E-state index in [-0.39, 0.29) is 5.69 Å². The summed E-state index contributed by atoms with van der Waals surface area (Å²) in [6, 6.07) is 7.82. The van der Waals surface area contributed by atoms with Crippen molar-refractivity contribution >= 4 is 11.6 Å². The maximum absolute atomic E-state index is 12.2. The molecule has 0 N–H and O–H groups in total. The van der Waals surface area contributed by atoms with E-state index >= 15 is 0 Å². The predicted molar refractivity (Wildman–Crippen MR) is 46.6 cm³/mol. The van der Waals surface area contributed by atoms with Gasteiger partial charge in [0.05, 0.1) is 12.8 Å². The van der Waals surface area contributed by atoms with Gasteiger partial charge in [0.1, 0.15) is 0 Å². The fraction of sp³-hybridized carbons (Fsp3) is 0.222. The second-order valence-corrected chi connectivity index (χ2v) is 2.45. The molecular weight excluding hydrogens is 195 g/mol. The molecular formula is C9H8F3NO. The number of rotatable bonds is 1. The summed E-state index contributed by atoms with van der Waals surface area (Å²) in [6.07, 6.45) is -4.55. The van der Waals surface area contributed by atoms with Crippen LogP contribution in [0.5, 0.6) is 0 Å². The molecule has 0 saturated carbocycles. The van der Waals surface area contributed by atoms with Crippen molar-refractivity contribution in [2.75, 3.05) is 7.11 Å². The third-order valence-corrected chi connectivity index (χ3v) is 1.42. The summed E-state index contributed by atoms with van der Waals surface area (Å²) in [4.78, 5) is 3.32. The van der Waals surface area contributed by atoms with E-state index < -0.39 is 12.1 Å². The molecule has 5 heteroatoms. The van der Waals surface area contributed by atoms with E-state index in [4.69, 9.17) is 0 Å². The Labute approximate surface area is 79.0 Å². The summed E-state index contributed by atoms with van der Waals surface area (Å²) >= 11 is 0. The Kier molecular flexibility index (Phi) is 3.11. The van der Waals surface area contributed by atoms with Crippen molar-refractivity contribution in [1.82, 2.24) is 0 Å². The second kappa shape index (κ2) is 4.13. The summed E-state index contributed by atoms with van der Waals surface area (Å²) in [5.41, 5.74) is 0.210. The fourth-order valence-electron chi connectivity index (χ4n) is 0.845. The third-order valence-electron chi connectivity index (χ3n) is 1.42. The smallest absolute Gasteiger partial charge is 0.468 e. The Morgan fingerprint density at radius 1 is 1.21 bits per heavy atom. The Bertz CT molecular complexity index is 319. The Hall–Kier alpha value is -1.52. The van der Waals surface area contributed by atoms with Crippen LogP contribution in [0.3, 0.4) is 0 Å². The van der Waals surface area contributed by atoms with Crippen molar-refractivity contribution in [3.63, 3.8) is 0 Å². The number of hydrogen-bond donors (Lipinski definition) is 0. The Morgan fingerprint density at radius 3 is 2.21 bits per heavy atom. The van der Waals surface area contributed by atoms with Crippen LogP contribution < -0.4 is 0 Å². The fourth-order valence-corrected chi connectivity index (χ4v) is 0.845. The standard InChI is InChI=1S/C9H8F3NO/c1-14-8(9(10,11)12)13-7-5-3-2-4-6-7/h2-6H,1H3/b13-8+. The van der Waals surface area contributed by atoms with Crippen LogP contribution in [-0.2, 0) is 4.74 Å². The lowest BCUT2D eigenvalue weighted by Crippen LogP contribution is -2.24. The average molecular weight is 203 g/mol. The molecule has 2 nitrogen and oxygen atoms in total. The van der Waals surface area contributed by atoms with Crippen molar-refractivity contribution in [2.24, 2.45) is 4.99 Å². The molecule has 0 heterocycles. The number of para-hydroxylation sites is 1. The van der Waals surface area contributed by atoms with E-state index in [1.807, 2.05) is 0 Å². The molecule has 1 rings (SSSR count). The van der Waals surface area contributed by atoms with Crippen molar-refractivity contribution in [1.29, 1.82) is 0 Å². The van der Waals surface area contributed by atoms with Gasteiger partial charge in [-0.25, -0.2) is 4.99 Å². The van der Waals surface area contributed by atoms with Gasteiger partial charge in [-0.05, 0) is 12.1 Å². The van der Waals surface area contributed by atoms with Crippen LogP contribution in [0.25, 0.3) is 0 Å². The highest BCUT2D eigenvalue weighted by Gasteiger charge is 2.37. The van der Waals surface area contributed by atoms with E-state index in [1.54, 1.807) is 18.2 Å². The monoisotopic (exact) mass is 203 g/mol. The van der Waals surface area contributed by atoms with Gasteiger partial charge in [-0.3, -0.25) is 0 Å². The first-order valence-corrected chi connectivity index (χ1v) is 3.79. The molecule has 76 valence electrons. The van der Waals surface area contributed by atoms with Gasteiger partial charge in [0.15, 0.2) is 0 Å². The highest BCUT2D eigenvalue weighted by atomic mass is 19.4. The largest absolute Gasteiger partial charge is 0.478 e. The van der Waals surface area contributed by atoms with Crippen molar-refractivity contribution in [3.05, 3.63) is 30.3 Å². The molecule has 0 atom stereocenters. The predicted octanol–water partition coefficient (Wildman–Crippen LogP) is 2.93. The molecule has 0 spiro atoms. The molecule has 0 bridgehead atoms. The summed E-state index contributed by atoms with van der Waals surface area (Å²) in [5, 5.41) is 0. The van der Waals surface area contributed by atoms with Crippen LogP contribution in [0.2, 0.25) is 0 Å². The highest BCUT2D eigenvalue weighted by Crippen LogP contribution is 2.21. The summed E-state index contributed by atoms with van der Waals surface area (Å²) in [7, 11) is 0.940. The van der Waals surface area contributed by atoms with Crippen LogP contribution >= 0.6 is 0 Å². The van der Waals surface area contributed by atoms with Gasteiger partial charge in [-0.2, -0.15) is 13.2 Å². The average Bonchev–Trinajstić information content (AvgIpc) is 2.14.